The number of rotatable bonds is 5. The van der Waals surface area contributed by atoms with Gasteiger partial charge in [0.25, 0.3) is 0 Å². The number of benzene rings is 1. The maximum Gasteiger partial charge on any atom is 0.414 e. The van der Waals surface area contributed by atoms with Gasteiger partial charge < -0.3 is 24.6 Å². The minimum atomic E-state index is -0.454. The van der Waals surface area contributed by atoms with Crippen molar-refractivity contribution < 1.29 is 23.9 Å². The van der Waals surface area contributed by atoms with E-state index in [0.717, 1.165) is 36.8 Å². The predicted octanol–water partition coefficient (Wildman–Crippen LogP) is 3.74. The molecular weight excluding hydrogens is 422 g/mol. The molecule has 0 radical (unpaired) electrons. The summed E-state index contributed by atoms with van der Waals surface area (Å²) in [4.78, 5) is 41.1. The number of amides is 3. The number of likely N-dealkylation sites (tertiary alicyclic amines) is 1. The van der Waals surface area contributed by atoms with Crippen molar-refractivity contribution in [2.75, 3.05) is 19.6 Å². The molecule has 176 valence electrons. The SMILES string of the molecule is C=C(C)OC(=O)N1CCC(N2CC3=C(CC(NC(=O)OCc4ccccc4)CC3)C2=O)CC1. The monoisotopic (exact) mass is 453 g/mol. The first kappa shape index (κ1) is 22.9. The highest BCUT2D eigenvalue weighted by molar-refractivity contribution is 5.97. The van der Waals surface area contributed by atoms with Crippen LogP contribution in [0.25, 0.3) is 0 Å². The molecule has 8 nitrogen and oxygen atoms in total. The average molecular weight is 454 g/mol. The Kier molecular flexibility index (Phi) is 7.01. The molecule has 1 aliphatic carbocycles. The molecule has 0 saturated carbocycles. The predicted molar refractivity (Wildman–Crippen MR) is 122 cm³/mol. The highest BCUT2D eigenvalue weighted by atomic mass is 16.6. The molecule has 1 fully saturated rings. The highest BCUT2D eigenvalue weighted by Gasteiger charge is 2.39. The molecular formula is C25H31N3O5. The van der Waals surface area contributed by atoms with Crippen molar-refractivity contribution in [1.29, 1.82) is 0 Å². The van der Waals surface area contributed by atoms with Crippen LogP contribution in [0.5, 0.6) is 0 Å². The molecule has 0 spiro atoms. The molecule has 1 aromatic rings. The second-order valence-electron chi connectivity index (χ2n) is 8.95. The van der Waals surface area contributed by atoms with Crippen LogP contribution < -0.4 is 5.32 Å². The third-order valence-corrected chi connectivity index (χ3v) is 6.51. The van der Waals surface area contributed by atoms with Gasteiger partial charge in [0.2, 0.25) is 5.91 Å². The summed E-state index contributed by atoms with van der Waals surface area (Å²) < 4.78 is 10.4. The van der Waals surface area contributed by atoms with Gasteiger partial charge in [-0.2, -0.15) is 0 Å². The number of nitrogens with zero attached hydrogens (tertiary/aromatic N) is 2. The van der Waals surface area contributed by atoms with Gasteiger partial charge in [-0.05, 0) is 50.2 Å². The lowest BCUT2D eigenvalue weighted by atomic mass is 9.90. The Morgan fingerprint density at radius 3 is 2.58 bits per heavy atom. The van der Waals surface area contributed by atoms with E-state index in [-0.39, 0.29) is 30.7 Å². The fourth-order valence-electron chi connectivity index (χ4n) is 4.78. The lowest BCUT2D eigenvalue weighted by molar-refractivity contribution is -0.128. The minimum absolute atomic E-state index is 0.0668. The fourth-order valence-corrected chi connectivity index (χ4v) is 4.78. The number of allylic oxidation sites excluding steroid dienone is 1. The van der Waals surface area contributed by atoms with Crippen LogP contribution in [-0.2, 0) is 20.9 Å². The first-order valence-electron chi connectivity index (χ1n) is 11.5. The molecule has 3 aliphatic rings. The lowest BCUT2D eigenvalue weighted by Crippen LogP contribution is -2.47. The molecule has 1 saturated heterocycles. The molecule has 4 rings (SSSR count). The van der Waals surface area contributed by atoms with Crippen LogP contribution in [-0.4, -0.2) is 59.6 Å². The maximum absolute atomic E-state index is 13.1. The van der Waals surface area contributed by atoms with Crippen LogP contribution in [0.2, 0.25) is 0 Å². The summed E-state index contributed by atoms with van der Waals surface area (Å²) in [5, 5.41) is 2.92. The minimum Gasteiger partial charge on any atom is -0.445 e. The Hall–Kier alpha value is -3.29. The molecule has 1 N–H and O–H groups in total. The number of piperidine rings is 1. The number of alkyl carbamates (subject to hydrolysis) is 1. The summed E-state index contributed by atoms with van der Waals surface area (Å²) >= 11 is 0. The summed E-state index contributed by atoms with van der Waals surface area (Å²) in [6.07, 6.45) is 2.75. The quantitative estimate of drug-likeness (QED) is 0.687. The van der Waals surface area contributed by atoms with Gasteiger partial charge in [-0.3, -0.25) is 4.79 Å². The highest BCUT2D eigenvalue weighted by Crippen LogP contribution is 2.35. The Morgan fingerprint density at radius 1 is 1.15 bits per heavy atom. The van der Waals surface area contributed by atoms with E-state index in [1.165, 1.54) is 5.57 Å². The number of carbonyl (C=O) groups excluding carboxylic acids is 3. The number of hydrogen-bond donors (Lipinski definition) is 1. The van der Waals surface area contributed by atoms with Gasteiger partial charge in [-0.1, -0.05) is 36.9 Å². The van der Waals surface area contributed by atoms with Gasteiger partial charge in [0.15, 0.2) is 0 Å². The normalized spacial score (nSPS) is 21.0. The summed E-state index contributed by atoms with van der Waals surface area (Å²) in [6, 6.07) is 9.55. The van der Waals surface area contributed by atoms with E-state index in [2.05, 4.69) is 11.9 Å². The Morgan fingerprint density at radius 2 is 1.88 bits per heavy atom. The molecule has 33 heavy (non-hydrogen) atoms. The van der Waals surface area contributed by atoms with Crippen molar-refractivity contribution in [2.24, 2.45) is 0 Å². The van der Waals surface area contributed by atoms with Crippen molar-refractivity contribution in [3.05, 3.63) is 59.4 Å². The Labute approximate surface area is 194 Å². The van der Waals surface area contributed by atoms with Gasteiger partial charge in [-0.15, -0.1) is 0 Å². The van der Waals surface area contributed by atoms with Crippen molar-refractivity contribution in [2.45, 2.75) is 57.7 Å². The van der Waals surface area contributed by atoms with Crippen molar-refractivity contribution in [1.82, 2.24) is 15.1 Å². The molecule has 2 aliphatic heterocycles. The van der Waals surface area contributed by atoms with Gasteiger partial charge in [-0.25, -0.2) is 9.59 Å². The van der Waals surface area contributed by atoms with Crippen LogP contribution >= 0.6 is 0 Å². The van der Waals surface area contributed by atoms with E-state index in [4.69, 9.17) is 9.47 Å². The van der Waals surface area contributed by atoms with Crippen LogP contribution in [0.4, 0.5) is 9.59 Å². The maximum atomic E-state index is 13.1. The number of nitrogens with one attached hydrogen (secondary N) is 1. The number of carbonyl (C=O) groups is 3. The average Bonchev–Trinajstić information content (AvgIpc) is 3.14. The van der Waals surface area contributed by atoms with Crippen molar-refractivity contribution >= 4 is 18.1 Å². The molecule has 1 aromatic carbocycles. The van der Waals surface area contributed by atoms with E-state index in [9.17, 15) is 14.4 Å². The van der Waals surface area contributed by atoms with Gasteiger partial charge >= 0.3 is 12.2 Å². The zero-order valence-corrected chi connectivity index (χ0v) is 19.0. The first-order valence-corrected chi connectivity index (χ1v) is 11.5. The van der Waals surface area contributed by atoms with E-state index < -0.39 is 6.09 Å². The zero-order valence-electron chi connectivity index (χ0n) is 19.0. The zero-order chi connectivity index (χ0) is 23.4. The van der Waals surface area contributed by atoms with Gasteiger partial charge in [0.1, 0.15) is 6.61 Å². The molecule has 3 amide bonds. The van der Waals surface area contributed by atoms with Gasteiger partial charge in [0.05, 0.1) is 5.76 Å². The lowest BCUT2D eigenvalue weighted by Gasteiger charge is -2.36. The summed E-state index contributed by atoms with van der Waals surface area (Å²) in [5.74, 6) is 0.443. The largest absolute Gasteiger partial charge is 0.445 e. The molecule has 0 aromatic heterocycles. The van der Waals surface area contributed by atoms with E-state index in [1.54, 1.807) is 11.8 Å². The van der Waals surface area contributed by atoms with Crippen LogP contribution in [0.3, 0.4) is 0 Å². The van der Waals surface area contributed by atoms with E-state index in [1.807, 2.05) is 35.2 Å². The summed E-state index contributed by atoms with van der Waals surface area (Å²) in [5.41, 5.74) is 2.94. The topological polar surface area (TPSA) is 88.2 Å². The summed E-state index contributed by atoms with van der Waals surface area (Å²) in [7, 11) is 0. The smallest absolute Gasteiger partial charge is 0.414 e. The van der Waals surface area contributed by atoms with Gasteiger partial charge in [0, 0.05) is 37.3 Å². The van der Waals surface area contributed by atoms with Crippen LogP contribution in [0.1, 0.15) is 44.6 Å². The fraction of sp³-hybridized carbons (Fsp3) is 0.480. The summed E-state index contributed by atoms with van der Waals surface area (Å²) in [6.45, 7) is 7.24. The van der Waals surface area contributed by atoms with Crippen molar-refractivity contribution in [3.8, 4) is 0 Å². The van der Waals surface area contributed by atoms with E-state index >= 15 is 0 Å². The van der Waals surface area contributed by atoms with Crippen LogP contribution in [0.15, 0.2) is 53.8 Å². The molecule has 8 heteroatoms. The molecule has 1 atom stereocenters. The Balaban J connectivity index is 1.25. The van der Waals surface area contributed by atoms with Crippen molar-refractivity contribution in [3.63, 3.8) is 0 Å². The number of ether oxygens (including phenoxy) is 2. The van der Waals surface area contributed by atoms with Crippen LogP contribution in [0, 0.1) is 0 Å². The third kappa shape index (κ3) is 5.56. The van der Waals surface area contributed by atoms with E-state index in [0.29, 0.717) is 31.8 Å². The third-order valence-electron chi connectivity index (χ3n) is 6.51. The first-order chi connectivity index (χ1) is 15.9. The molecule has 2 heterocycles. The Bertz CT molecular complexity index is 950. The second-order valence-corrected chi connectivity index (χ2v) is 8.95. The number of hydrogen-bond acceptors (Lipinski definition) is 5. The molecule has 1 unspecified atom stereocenters. The molecule has 0 bridgehead atoms. The standard InChI is InChI=1S/C25H31N3O5/c1-17(2)33-25(31)27-12-10-21(11-13-27)28-15-19-8-9-20(14-22(19)23(28)29)26-24(30)32-16-18-6-4-3-5-7-18/h3-7,20-21H,1,8-16H2,2H3,(H,26,30). The second kappa shape index (κ2) is 10.1.